The minimum atomic E-state index is -0.445. The molecule has 9 aromatic rings. The molecule has 11 rings (SSSR count). The van der Waals surface area contributed by atoms with Gasteiger partial charge in [0.15, 0.2) is 34.5 Å². The number of hydrogen-bond donors (Lipinski definition) is 7. The summed E-state index contributed by atoms with van der Waals surface area (Å²) in [4.78, 5) is 106. The van der Waals surface area contributed by atoms with E-state index in [1.165, 1.54) is 31.4 Å². The number of benzene rings is 6. The van der Waals surface area contributed by atoms with E-state index in [2.05, 4.69) is 56.1 Å². The standard InChI is InChI=1S/C24H26N6O2.C22H21N5O3.C22H23N5O3.7H2/c25-22-21(24(32)28-19-6-2-1-3-7-19)29-20(16-27-22)17-8-10-18(11-9-17)23(31)26-12-15-30-13-4-5-14-30;1-30-17-12-27(13-17)22(29)15-9-7-14(8-10-15)18-11-24-20(23)19(26-18)21(28)25-16-5-3-2-4-6-16;1-27(12-13-30-2)22(29)16-10-8-15(9-11-16)18-14-24-20(23)19(26-18)21(28)25-17-6-4-3-5-7-17;;;;;;;/h1-3,6-11,16H,4-5,12-15H2,(H2,25,27)(H,26,31)(H,28,32);2-11,17H,12-13H2,1H3,(H2,23,24)(H,25,28);3-11,14H,12-13H2,1-2H3,(H2,23,24)(H,25,28);7*1H. The van der Waals surface area contributed by atoms with Crippen molar-refractivity contribution in [1.82, 2.24) is 49.9 Å². The monoisotopic (exact) mass is 1250 g/mol. The maximum Gasteiger partial charge on any atom is 0.278 e. The van der Waals surface area contributed by atoms with E-state index < -0.39 is 17.7 Å². The minimum absolute atomic E-state index is 0. The van der Waals surface area contributed by atoms with Crippen LogP contribution in [0.15, 0.2) is 182 Å². The number of rotatable bonds is 19. The second kappa shape index (κ2) is 31.7. The average molecular weight is 1250 g/mol. The molecule has 0 aliphatic carbocycles. The van der Waals surface area contributed by atoms with Crippen LogP contribution in [0.5, 0.6) is 0 Å². The highest BCUT2D eigenvalue weighted by molar-refractivity contribution is 6.07. The Bertz CT molecular complexity index is 3870. The first-order valence-electron chi connectivity index (χ1n) is 29.5. The normalized spacial score (nSPS) is 12.6. The number of carbonyl (C=O) groups is 6. The Labute approximate surface area is 542 Å². The summed E-state index contributed by atoms with van der Waals surface area (Å²) in [5.74, 6) is -1.44. The van der Waals surface area contributed by atoms with Crippen LogP contribution in [-0.2, 0) is 9.47 Å². The maximum absolute atomic E-state index is 12.6. The Morgan fingerprint density at radius 2 is 0.902 bits per heavy atom. The number of aromatic nitrogens is 6. The molecular formula is C68H84N16O8. The molecule has 24 nitrogen and oxygen atoms in total. The minimum Gasteiger partial charge on any atom is -0.383 e. The summed E-state index contributed by atoms with van der Waals surface area (Å²) in [6.07, 6.45) is 7.09. The summed E-state index contributed by atoms with van der Waals surface area (Å²) >= 11 is 0. The van der Waals surface area contributed by atoms with Gasteiger partial charge in [0, 0.05) is 114 Å². The summed E-state index contributed by atoms with van der Waals surface area (Å²) < 4.78 is 10.2. The van der Waals surface area contributed by atoms with Gasteiger partial charge in [-0.1, -0.05) is 91.0 Å². The van der Waals surface area contributed by atoms with Gasteiger partial charge in [-0.05, 0) is 98.7 Å². The molecule has 6 aromatic carbocycles. The lowest BCUT2D eigenvalue weighted by molar-refractivity contribution is -0.0191. The molecule has 0 unspecified atom stereocenters. The van der Waals surface area contributed by atoms with E-state index in [0.717, 1.165) is 30.8 Å². The van der Waals surface area contributed by atoms with E-state index in [1.807, 2.05) is 54.6 Å². The zero-order valence-corrected chi connectivity index (χ0v) is 51.0. The molecular weight excluding hydrogens is 1170 g/mol. The van der Waals surface area contributed by atoms with Crippen molar-refractivity contribution < 1.29 is 48.2 Å². The third-order valence-corrected chi connectivity index (χ3v) is 14.8. The molecule has 92 heavy (non-hydrogen) atoms. The number of nitrogens with one attached hydrogen (secondary N) is 4. The maximum atomic E-state index is 12.6. The number of likely N-dealkylation sites (tertiary alicyclic amines) is 2. The lowest BCUT2D eigenvalue weighted by atomic mass is 10.1. The van der Waals surface area contributed by atoms with Crippen LogP contribution in [0, 0.1) is 0 Å². The van der Waals surface area contributed by atoms with E-state index in [0.29, 0.717) is 89.2 Å². The van der Waals surface area contributed by atoms with E-state index >= 15 is 0 Å². The van der Waals surface area contributed by atoms with Gasteiger partial charge in [0.2, 0.25) is 0 Å². The number of methoxy groups -OCH3 is 2. The summed E-state index contributed by atoms with van der Waals surface area (Å²) in [6.45, 7) is 5.89. The Kier molecular flexibility index (Phi) is 22.4. The summed E-state index contributed by atoms with van der Waals surface area (Å²) in [6, 6.07) is 48.2. The molecule has 6 amide bonds. The molecule has 2 aliphatic rings. The number of anilines is 6. The Hall–Kier alpha value is -11.3. The van der Waals surface area contributed by atoms with Crippen LogP contribution < -0.4 is 38.5 Å². The van der Waals surface area contributed by atoms with Crippen molar-refractivity contribution in [1.29, 1.82) is 0 Å². The zero-order chi connectivity index (χ0) is 64.9. The first kappa shape index (κ1) is 65.1. The number of para-hydroxylation sites is 3. The highest BCUT2D eigenvalue weighted by Gasteiger charge is 2.31. The summed E-state index contributed by atoms with van der Waals surface area (Å²) in [5.41, 5.74) is 25.0. The van der Waals surface area contributed by atoms with Gasteiger partial charge in [-0.3, -0.25) is 28.8 Å². The van der Waals surface area contributed by atoms with Crippen molar-refractivity contribution >= 4 is 70.0 Å². The fourth-order valence-electron chi connectivity index (χ4n) is 9.53. The molecule has 0 saturated carbocycles. The SMILES string of the molecule is COC1CN(C(=O)c2ccc(-c3cnc(N)c(C(=O)Nc4ccccc4)n3)cc2)C1.COCCN(C)C(=O)c1ccc(-c2cnc(N)c(C(=O)Nc3ccccc3)n2)cc1.Nc1ncc(-c2ccc(C(=O)NCCN3CCCC3)cc2)nc1C(=O)Nc1ccccc1.[HH].[HH].[HH].[HH].[HH].[HH].[HH]. The lowest BCUT2D eigenvalue weighted by Crippen LogP contribution is -2.54. The summed E-state index contributed by atoms with van der Waals surface area (Å²) in [5, 5.41) is 11.2. The molecule has 5 heterocycles. The molecule has 2 aliphatic heterocycles. The van der Waals surface area contributed by atoms with Crippen molar-refractivity contribution in [2.45, 2.75) is 18.9 Å². The number of nitrogens with two attached hydrogens (primary N) is 3. The van der Waals surface area contributed by atoms with Gasteiger partial charge in [0.25, 0.3) is 35.4 Å². The van der Waals surface area contributed by atoms with E-state index in [9.17, 15) is 28.8 Å². The number of hydrogen-bond acceptors (Lipinski definition) is 18. The van der Waals surface area contributed by atoms with E-state index in [1.54, 1.807) is 140 Å². The zero-order valence-electron chi connectivity index (χ0n) is 51.0. The van der Waals surface area contributed by atoms with Crippen LogP contribution in [0.2, 0.25) is 0 Å². The van der Waals surface area contributed by atoms with Gasteiger partial charge in [-0.25, -0.2) is 29.9 Å². The van der Waals surface area contributed by atoms with Crippen LogP contribution in [0.25, 0.3) is 33.8 Å². The highest BCUT2D eigenvalue weighted by Crippen LogP contribution is 2.25. The van der Waals surface area contributed by atoms with Crippen molar-refractivity contribution in [2.24, 2.45) is 0 Å². The van der Waals surface area contributed by atoms with E-state index in [-0.39, 0.29) is 68.3 Å². The summed E-state index contributed by atoms with van der Waals surface area (Å²) in [7, 11) is 4.96. The quantitative estimate of drug-likeness (QED) is 0.0396. The third-order valence-electron chi connectivity index (χ3n) is 14.8. The van der Waals surface area contributed by atoms with Crippen LogP contribution in [-0.4, -0.2) is 160 Å². The number of nitrogens with zero attached hydrogens (tertiary/aromatic N) is 9. The molecule has 2 fully saturated rings. The van der Waals surface area contributed by atoms with Crippen LogP contribution in [0.3, 0.4) is 0 Å². The predicted molar refractivity (Wildman–Crippen MR) is 367 cm³/mol. The van der Waals surface area contributed by atoms with E-state index in [4.69, 9.17) is 26.7 Å². The molecule has 3 aromatic heterocycles. The van der Waals surface area contributed by atoms with Crippen LogP contribution in [0.4, 0.5) is 34.5 Å². The van der Waals surface area contributed by atoms with Gasteiger partial charge in [0.05, 0.1) is 48.4 Å². The fraction of sp³-hybridized carbons (Fsp3) is 0.206. The van der Waals surface area contributed by atoms with Crippen LogP contribution in [0.1, 0.15) is 85.4 Å². The van der Waals surface area contributed by atoms with Crippen molar-refractivity contribution in [2.75, 3.05) is 107 Å². The molecule has 0 radical (unpaired) electrons. The second-order valence-electron chi connectivity index (χ2n) is 21.3. The highest BCUT2D eigenvalue weighted by atomic mass is 16.5. The van der Waals surface area contributed by atoms with Crippen molar-refractivity contribution in [3.63, 3.8) is 0 Å². The van der Waals surface area contributed by atoms with Crippen molar-refractivity contribution in [3.05, 3.63) is 216 Å². The Morgan fingerprint density at radius 1 is 0.522 bits per heavy atom. The first-order valence-corrected chi connectivity index (χ1v) is 29.5. The van der Waals surface area contributed by atoms with Gasteiger partial charge in [0.1, 0.15) is 0 Å². The van der Waals surface area contributed by atoms with Gasteiger partial charge >= 0.3 is 0 Å². The van der Waals surface area contributed by atoms with Crippen LogP contribution >= 0.6 is 0 Å². The third kappa shape index (κ3) is 17.5. The van der Waals surface area contributed by atoms with Gasteiger partial charge in [-0.15, -0.1) is 0 Å². The number of ether oxygens (including phenoxy) is 2. The first-order chi connectivity index (χ1) is 44.6. The molecule has 24 heteroatoms. The number of carbonyl (C=O) groups excluding carboxylic acids is 6. The molecule has 0 spiro atoms. The number of likely N-dealkylation sites (N-methyl/N-ethyl adjacent to an activating group) is 1. The Morgan fingerprint density at radius 3 is 1.28 bits per heavy atom. The topological polar surface area (TPSA) is 334 Å². The predicted octanol–water partition coefficient (Wildman–Crippen LogP) is 9.67. The fourth-order valence-corrected chi connectivity index (χ4v) is 9.53. The molecule has 10 N–H and O–H groups in total. The molecule has 2 saturated heterocycles. The Balaban J connectivity index is 0.000000488. The van der Waals surface area contributed by atoms with Gasteiger partial charge in [-0.2, -0.15) is 0 Å². The smallest absolute Gasteiger partial charge is 0.278 e. The number of amides is 6. The largest absolute Gasteiger partial charge is 0.383 e. The lowest BCUT2D eigenvalue weighted by Gasteiger charge is -2.38. The second-order valence-corrected chi connectivity index (χ2v) is 21.3. The van der Waals surface area contributed by atoms with Gasteiger partial charge < -0.3 is 62.6 Å². The van der Waals surface area contributed by atoms with Crippen molar-refractivity contribution in [3.8, 4) is 33.8 Å². The molecule has 0 atom stereocenters. The molecule has 0 bridgehead atoms. The molecule has 484 valence electrons. The average Bonchev–Trinajstić information content (AvgIpc) is 0.905. The number of nitrogen functional groups attached to an aromatic ring is 3.